The van der Waals surface area contributed by atoms with Crippen LogP contribution in [0.25, 0.3) is 0 Å². The van der Waals surface area contributed by atoms with E-state index < -0.39 is 0 Å². The van der Waals surface area contributed by atoms with Crippen molar-refractivity contribution in [1.82, 2.24) is 15.0 Å². The quantitative estimate of drug-likeness (QED) is 0.835. The van der Waals surface area contributed by atoms with Crippen molar-refractivity contribution >= 4 is 0 Å². The fourth-order valence-corrected chi connectivity index (χ4v) is 2.50. The molecule has 2 rings (SSSR count). The number of hydrogen-bond acceptors (Lipinski definition) is 5. The van der Waals surface area contributed by atoms with E-state index in [-0.39, 0.29) is 0 Å². The second-order valence-corrected chi connectivity index (χ2v) is 5.06. The maximum atomic E-state index is 5.81. The van der Waals surface area contributed by atoms with E-state index in [1.165, 1.54) is 19.3 Å². The third-order valence-corrected chi connectivity index (χ3v) is 3.62. The Kier molecular flexibility index (Phi) is 5.13. The first-order chi connectivity index (χ1) is 8.83. The molecule has 102 valence electrons. The Hall–Kier alpha value is -0.940. The van der Waals surface area contributed by atoms with Gasteiger partial charge in [-0.3, -0.25) is 4.90 Å². The molecular weight excluding hydrogens is 228 g/mol. The zero-order chi connectivity index (χ0) is 12.8. The number of likely N-dealkylation sites (tertiary alicyclic amines) is 1. The molecule has 0 bridgehead atoms. The Morgan fingerprint density at radius 2 is 2.33 bits per heavy atom. The summed E-state index contributed by atoms with van der Waals surface area (Å²) in [5, 5.41) is 4.03. The summed E-state index contributed by atoms with van der Waals surface area (Å²) in [6.45, 7) is 4.73. The summed E-state index contributed by atoms with van der Waals surface area (Å²) in [6, 6.07) is 0.477. The van der Waals surface area contributed by atoms with Crippen molar-refractivity contribution in [2.45, 2.75) is 58.0 Å². The summed E-state index contributed by atoms with van der Waals surface area (Å²) in [5.41, 5.74) is 5.81. The van der Waals surface area contributed by atoms with Crippen molar-refractivity contribution in [2.75, 3.05) is 13.1 Å². The maximum absolute atomic E-state index is 5.81. The van der Waals surface area contributed by atoms with Crippen LogP contribution in [0.1, 0.15) is 50.7 Å². The molecule has 2 N–H and O–H groups in total. The molecule has 0 radical (unpaired) electrons. The van der Waals surface area contributed by atoms with Crippen molar-refractivity contribution in [3.05, 3.63) is 11.7 Å². The van der Waals surface area contributed by atoms with Crippen LogP contribution in [0.4, 0.5) is 0 Å². The summed E-state index contributed by atoms with van der Waals surface area (Å²) in [5.74, 6) is 1.58. The molecule has 0 amide bonds. The van der Waals surface area contributed by atoms with Gasteiger partial charge in [-0.1, -0.05) is 24.9 Å². The summed E-state index contributed by atoms with van der Waals surface area (Å²) < 4.78 is 5.31. The Morgan fingerprint density at radius 3 is 3.11 bits per heavy atom. The van der Waals surface area contributed by atoms with Crippen LogP contribution in [-0.4, -0.2) is 34.2 Å². The van der Waals surface area contributed by atoms with Gasteiger partial charge in [0.1, 0.15) is 0 Å². The molecule has 1 saturated heterocycles. The normalized spacial score (nSPS) is 21.3. The molecule has 1 atom stereocenters. The maximum Gasteiger partial charge on any atom is 0.240 e. The molecule has 1 fully saturated rings. The van der Waals surface area contributed by atoms with Gasteiger partial charge in [0.05, 0.1) is 6.54 Å². The molecule has 0 saturated carbocycles. The van der Waals surface area contributed by atoms with Crippen LogP contribution in [0.2, 0.25) is 0 Å². The van der Waals surface area contributed by atoms with Crippen LogP contribution >= 0.6 is 0 Å². The van der Waals surface area contributed by atoms with E-state index in [9.17, 15) is 0 Å². The Morgan fingerprint density at radius 1 is 1.44 bits per heavy atom. The predicted molar refractivity (Wildman–Crippen MR) is 70.0 cm³/mol. The third kappa shape index (κ3) is 3.53. The van der Waals surface area contributed by atoms with Gasteiger partial charge in [-0.05, 0) is 25.8 Å². The largest absolute Gasteiger partial charge is 0.338 e. The number of piperidine rings is 1. The van der Waals surface area contributed by atoms with Gasteiger partial charge in [-0.25, -0.2) is 0 Å². The highest BCUT2D eigenvalue weighted by Gasteiger charge is 2.22. The molecule has 2 heterocycles. The van der Waals surface area contributed by atoms with E-state index in [1.807, 2.05) is 0 Å². The van der Waals surface area contributed by atoms with E-state index in [2.05, 4.69) is 22.0 Å². The second-order valence-electron chi connectivity index (χ2n) is 5.06. The van der Waals surface area contributed by atoms with Crippen molar-refractivity contribution in [3.63, 3.8) is 0 Å². The molecule has 1 aliphatic rings. The highest BCUT2D eigenvalue weighted by Crippen LogP contribution is 2.18. The zero-order valence-electron chi connectivity index (χ0n) is 11.3. The smallest absolute Gasteiger partial charge is 0.240 e. The molecule has 0 aliphatic carbocycles. The minimum atomic E-state index is 0.477. The van der Waals surface area contributed by atoms with Crippen molar-refractivity contribution in [1.29, 1.82) is 0 Å². The number of unbranched alkanes of at least 4 members (excludes halogenated alkanes) is 1. The molecule has 0 aromatic carbocycles. The SMILES string of the molecule is CCCCc1noc(CN2CCCCC2CN)n1. The van der Waals surface area contributed by atoms with Crippen molar-refractivity contribution in [2.24, 2.45) is 5.73 Å². The van der Waals surface area contributed by atoms with Crippen LogP contribution < -0.4 is 5.73 Å². The number of aryl methyl sites for hydroxylation is 1. The van der Waals surface area contributed by atoms with Crippen molar-refractivity contribution in [3.8, 4) is 0 Å². The van der Waals surface area contributed by atoms with Gasteiger partial charge in [-0.15, -0.1) is 0 Å². The highest BCUT2D eigenvalue weighted by atomic mass is 16.5. The second kappa shape index (κ2) is 6.85. The Bertz CT molecular complexity index is 353. The standard InChI is InChI=1S/C13H24N4O/c1-2-3-7-12-15-13(18-16-12)10-17-8-5-4-6-11(17)9-14/h11H,2-10,14H2,1H3. The Balaban J connectivity index is 1.89. The number of rotatable bonds is 6. The fourth-order valence-electron chi connectivity index (χ4n) is 2.50. The van der Waals surface area contributed by atoms with Crippen LogP contribution in [-0.2, 0) is 13.0 Å². The number of nitrogens with two attached hydrogens (primary N) is 1. The summed E-state index contributed by atoms with van der Waals surface area (Å²) in [4.78, 5) is 6.83. The first-order valence-corrected chi connectivity index (χ1v) is 7.09. The predicted octanol–water partition coefficient (Wildman–Crippen LogP) is 1.73. The summed E-state index contributed by atoms with van der Waals surface area (Å²) in [6.07, 6.45) is 6.91. The molecule has 5 heteroatoms. The summed E-state index contributed by atoms with van der Waals surface area (Å²) in [7, 11) is 0. The molecular formula is C13H24N4O. The first kappa shape index (κ1) is 13.5. The zero-order valence-corrected chi connectivity index (χ0v) is 11.3. The molecule has 1 aromatic rings. The minimum Gasteiger partial charge on any atom is -0.338 e. The van der Waals surface area contributed by atoms with Gasteiger partial charge in [0.2, 0.25) is 5.89 Å². The molecule has 18 heavy (non-hydrogen) atoms. The van der Waals surface area contributed by atoms with Gasteiger partial charge >= 0.3 is 0 Å². The number of hydrogen-bond donors (Lipinski definition) is 1. The monoisotopic (exact) mass is 252 g/mol. The van der Waals surface area contributed by atoms with Crippen LogP contribution in [0.5, 0.6) is 0 Å². The number of nitrogens with zero attached hydrogens (tertiary/aromatic N) is 3. The molecule has 1 unspecified atom stereocenters. The topological polar surface area (TPSA) is 68.2 Å². The highest BCUT2D eigenvalue weighted by molar-refractivity contribution is 4.88. The molecule has 1 aliphatic heterocycles. The lowest BCUT2D eigenvalue weighted by Crippen LogP contribution is -2.43. The van der Waals surface area contributed by atoms with Crippen LogP contribution in [0.3, 0.4) is 0 Å². The van der Waals surface area contributed by atoms with Gasteiger partial charge in [0.25, 0.3) is 0 Å². The minimum absolute atomic E-state index is 0.477. The van der Waals surface area contributed by atoms with Gasteiger partial charge in [0, 0.05) is 19.0 Å². The van der Waals surface area contributed by atoms with E-state index in [0.717, 1.165) is 50.6 Å². The van der Waals surface area contributed by atoms with Gasteiger partial charge in [-0.2, -0.15) is 4.98 Å². The lowest BCUT2D eigenvalue weighted by Gasteiger charge is -2.33. The first-order valence-electron chi connectivity index (χ1n) is 7.09. The summed E-state index contributed by atoms with van der Waals surface area (Å²) >= 11 is 0. The van der Waals surface area contributed by atoms with Crippen LogP contribution in [0.15, 0.2) is 4.52 Å². The molecule has 1 aromatic heterocycles. The average molecular weight is 252 g/mol. The van der Waals surface area contributed by atoms with Gasteiger partial charge in [0.15, 0.2) is 5.82 Å². The fraction of sp³-hybridized carbons (Fsp3) is 0.846. The number of aromatic nitrogens is 2. The molecule has 0 spiro atoms. The molecule has 5 nitrogen and oxygen atoms in total. The van der Waals surface area contributed by atoms with Crippen LogP contribution in [0, 0.1) is 0 Å². The van der Waals surface area contributed by atoms with Gasteiger partial charge < -0.3 is 10.3 Å². The van der Waals surface area contributed by atoms with E-state index in [0.29, 0.717) is 6.04 Å². The lowest BCUT2D eigenvalue weighted by atomic mass is 10.0. The van der Waals surface area contributed by atoms with E-state index in [1.54, 1.807) is 0 Å². The lowest BCUT2D eigenvalue weighted by molar-refractivity contribution is 0.128. The van der Waals surface area contributed by atoms with Crippen molar-refractivity contribution < 1.29 is 4.52 Å². The van der Waals surface area contributed by atoms with E-state index in [4.69, 9.17) is 10.3 Å². The Labute approximate surface area is 109 Å². The average Bonchev–Trinajstić information content (AvgIpc) is 2.84. The third-order valence-electron chi connectivity index (χ3n) is 3.62. The van der Waals surface area contributed by atoms with E-state index >= 15 is 0 Å².